The maximum absolute atomic E-state index is 11.3. The van der Waals surface area contributed by atoms with E-state index in [4.69, 9.17) is 4.74 Å². The summed E-state index contributed by atoms with van der Waals surface area (Å²) in [7, 11) is 0. The van der Waals surface area contributed by atoms with E-state index in [0.29, 0.717) is 12.8 Å². The lowest BCUT2D eigenvalue weighted by molar-refractivity contribution is -0.147. The summed E-state index contributed by atoms with van der Waals surface area (Å²) in [6.45, 7) is 4.89. The molecule has 0 heterocycles. The Morgan fingerprint density at radius 2 is 2.00 bits per heavy atom. The number of aldehydes is 1. The van der Waals surface area contributed by atoms with Crippen molar-refractivity contribution < 1.29 is 19.1 Å². The van der Waals surface area contributed by atoms with Gasteiger partial charge in [0.1, 0.15) is 18.2 Å². The summed E-state index contributed by atoms with van der Waals surface area (Å²) < 4.78 is 5.26. The number of esters is 1. The van der Waals surface area contributed by atoms with Crippen molar-refractivity contribution in [1.82, 2.24) is 0 Å². The van der Waals surface area contributed by atoms with E-state index in [1.807, 2.05) is 6.92 Å². The third-order valence-electron chi connectivity index (χ3n) is 4.45. The highest BCUT2D eigenvalue weighted by atomic mass is 16.5. The Labute approximate surface area is 101 Å². The molecule has 2 saturated carbocycles. The van der Waals surface area contributed by atoms with Gasteiger partial charge in [-0.25, -0.2) is 0 Å². The van der Waals surface area contributed by atoms with Gasteiger partial charge in [-0.1, -0.05) is 6.92 Å². The first-order valence-corrected chi connectivity index (χ1v) is 5.98. The molecule has 4 heteroatoms. The van der Waals surface area contributed by atoms with Gasteiger partial charge in [0.15, 0.2) is 0 Å². The molecule has 0 aromatic rings. The Morgan fingerprint density at radius 1 is 1.35 bits per heavy atom. The Bertz CT molecular complexity index is 389. The lowest BCUT2D eigenvalue weighted by atomic mass is 9.72. The molecular formula is C13H18O4. The largest absolute Gasteiger partial charge is 0.462 e. The summed E-state index contributed by atoms with van der Waals surface area (Å²) in [5.74, 6) is -0.107. The number of hydrogen-bond donors (Lipinski definition) is 0. The fourth-order valence-corrected chi connectivity index (χ4v) is 3.64. The van der Waals surface area contributed by atoms with E-state index in [9.17, 15) is 14.4 Å². The highest BCUT2D eigenvalue weighted by Gasteiger charge is 2.73. The van der Waals surface area contributed by atoms with Crippen molar-refractivity contribution in [2.45, 2.75) is 46.1 Å². The topological polar surface area (TPSA) is 60.4 Å². The minimum Gasteiger partial charge on any atom is -0.462 e. The fourth-order valence-electron chi connectivity index (χ4n) is 3.64. The van der Waals surface area contributed by atoms with Crippen LogP contribution in [-0.4, -0.2) is 24.1 Å². The molecule has 4 nitrogen and oxygen atoms in total. The van der Waals surface area contributed by atoms with Crippen molar-refractivity contribution in [3.05, 3.63) is 0 Å². The SMILES string of the molecule is CC(=O)C[C@]1(C)C[C@H](OC(C)=O)[C@@H]2C[C@@]21C=O. The van der Waals surface area contributed by atoms with Gasteiger partial charge in [-0.2, -0.15) is 0 Å². The van der Waals surface area contributed by atoms with Crippen LogP contribution in [0.3, 0.4) is 0 Å². The highest BCUT2D eigenvalue weighted by Crippen LogP contribution is 2.72. The Hall–Kier alpha value is -1.19. The van der Waals surface area contributed by atoms with Crippen LogP contribution < -0.4 is 0 Å². The van der Waals surface area contributed by atoms with Crippen molar-refractivity contribution in [3.8, 4) is 0 Å². The lowest BCUT2D eigenvalue weighted by Crippen LogP contribution is -2.30. The summed E-state index contributed by atoms with van der Waals surface area (Å²) in [5, 5.41) is 0. The minimum absolute atomic E-state index is 0.0860. The maximum atomic E-state index is 11.3. The van der Waals surface area contributed by atoms with Crippen molar-refractivity contribution in [1.29, 1.82) is 0 Å². The molecular weight excluding hydrogens is 220 g/mol. The van der Waals surface area contributed by atoms with E-state index in [-0.39, 0.29) is 29.2 Å². The Balaban J connectivity index is 2.21. The number of hydrogen-bond acceptors (Lipinski definition) is 4. The number of Topliss-reactive ketones (excluding diaryl/α,β-unsaturated/α-hetero) is 1. The zero-order chi connectivity index (χ0) is 12.8. The van der Waals surface area contributed by atoms with Gasteiger partial charge in [0.25, 0.3) is 0 Å². The predicted octanol–water partition coefficient (Wildman–Crippen LogP) is 1.51. The van der Waals surface area contributed by atoms with Crippen molar-refractivity contribution in [2.75, 3.05) is 0 Å². The number of fused-ring (bicyclic) bond motifs is 1. The van der Waals surface area contributed by atoms with Crippen LogP contribution in [0.2, 0.25) is 0 Å². The molecule has 2 aliphatic rings. The van der Waals surface area contributed by atoms with Crippen LogP contribution in [0.5, 0.6) is 0 Å². The zero-order valence-corrected chi connectivity index (χ0v) is 10.5. The molecule has 0 spiro atoms. The second kappa shape index (κ2) is 3.65. The van der Waals surface area contributed by atoms with E-state index in [2.05, 4.69) is 0 Å². The van der Waals surface area contributed by atoms with E-state index >= 15 is 0 Å². The monoisotopic (exact) mass is 238 g/mol. The molecule has 0 aromatic heterocycles. The highest BCUT2D eigenvalue weighted by molar-refractivity contribution is 5.79. The van der Waals surface area contributed by atoms with E-state index in [1.54, 1.807) is 6.92 Å². The summed E-state index contributed by atoms with van der Waals surface area (Å²) >= 11 is 0. The third-order valence-corrected chi connectivity index (χ3v) is 4.45. The third kappa shape index (κ3) is 1.70. The van der Waals surface area contributed by atoms with Gasteiger partial charge in [0, 0.05) is 24.7 Å². The molecule has 0 N–H and O–H groups in total. The van der Waals surface area contributed by atoms with E-state index in [1.165, 1.54) is 6.92 Å². The van der Waals surface area contributed by atoms with Crippen molar-refractivity contribution in [2.24, 2.45) is 16.7 Å². The fraction of sp³-hybridized carbons (Fsp3) is 0.769. The molecule has 0 unspecified atom stereocenters. The van der Waals surface area contributed by atoms with Gasteiger partial charge in [-0.3, -0.25) is 4.79 Å². The normalized spacial score (nSPS) is 42.8. The van der Waals surface area contributed by atoms with Crippen molar-refractivity contribution >= 4 is 18.0 Å². The summed E-state index contributed by atoms with van der Waals surface area (Å²) in [6.07, 6.45) is 2.54. The first-order valence-electron chi connectivity index (χ1n) is 5.98. The van der Waals surface area contributed by atoms with Crippen LogP contribution in [0.1, 0.15) is 40.0 Å². The molecule has 0 saturated heterocycles. The molecule has 0 amide bonds. The Kier molecular flexibility index (Phi) is 2.64. The predicted molar refractivity (Wildman–Crippen MR) is 60.2 cm³/mol. The lowest BCUT2D eigenvalue weighted by Gasteiger charge is -2.31. The van der Waals surface area contributed by atoms with E-state index in [0.717, 1.165) is 12.7 Å². The second-order valence-electron chi connectivity index (χ2n) is 5.76. The van der Waals surface area contributed by atoms with Gasteiger partial charge in [-0.05, 0) is 25.2 Å². The minimum atomic E-state index is -0.432. The molecule has 0 bridgehead atoms. The van der Waals surface area contributed by atoms with Gasteiger partial charge >= 0.3 is 5.97 Å². The second-order valence-corrected chi connectivity index (χ2v) is 5.76. The molecule has 4 atom stereocenters. The smallest absolute Gasteiger partial charge is 0.302 e. The molecule has 0 aromatic carbocycles. The number of rotatable bonds is 4. The van der Waals surface area contributed by atoms with Gasteiger partial charge in [-0.15, -0.1) is 0 Å². The molecule has 0 aliphatic heterocycles. The molecule has 2 rings (SSSR count). The van der Waals surface area contributed by atoms with Crippen LogP contribution in [0.15, 0.2) is 0 Å². The van der Waals surface area contributed by atoms with Gasteiger partial charge < -0.3 is 14.3 Å². The first-order chi connectivity index (χ1) is 7.84. The first kappa shape index (κ1) is 12.3. The number of carbonyl (C=O) groups is 3. The molecule has 94 valence electrons. The average molecular weight is 238 g/mol. The van der Waals surface area contributed by atoms with Crippen LogP contribution >= 0.6 is 0 Å². The van der Waals surface area contributed by atoms with E-state index < -0.39 is 5.41 Å². The maximum Gasteiger partial charge on any atom is 0.302 e. The summed E-state index contributed by atoms with van der Waals surface area (Å²) in [4.78, 5) is 33.7. The number of ketones is 1. The summed E-state index contributed by atoms with van der Waals surface area (Å²) in [6, 6.07) is 0. The summed E-state index contributed by atoms with van der Waals surface area (Å²) in [5.41, 5.74) is -0.774. The van der Waals surface area contributed by atoms with Gasteiger partial charge in [0.2, 0.25) is 0 Å². The molecule has 17 heavy (non-hydrogen) atoms. The van der Waals surface area contributed by atoms with Gasteiger partial charge in [0.05, 0.1) is 0 Å². The standard InChI is InChI=1S/C13H18O4/c1-8(15)4-12(3)6-11(17-9(2)16)10-5-13(10,12)7-14/h7,10-11H,4-6H2,1-3H3/t10-,11-,12+,13+/m0/s1. The number of carbonyl (C=O) groups excluding carboxylic acids is 3. The zero-order valence-electron chi connectivity index (χ0n) is 10.5. The van der Waals surface area contributed by atoms with Crippen LogP contribution in [0.4, 0.5) is 0 Å². The molecule has 2 aliphatic carbocycles. The van der Waals surface area contributed by atoms with Crippen LogP contribution in [-0.2, 0) is 19.1 Å². The average Bonchev–Trinajstić information content (AvgIpc) is 2.85. The Morgan fingerprint density at radius 3 is 2.47 bits per heavy atom. The quantitative estimate of drug-likeness (QED) is 0.550. The molecule has 2 fully saturated rings. The molecule has 0 radical (unpaired) electrons. The number of ether oxygens (including phenoxy) is 1. The van der Waals surface area contributed by atoms with Crippen LogP contribution in [0.25, 0.3) is 0 Å². The van der Waals surface area contributed by atoms with Crippen molar-refractivity contribution in [3.63, 3.8) is 0 Å². The van der Waals surface area contributed by atoms with Crippen LogP contribution in [0, 0.1) is 16.7 Å².